The highest BCUT2D eigenvalue weighted by molar-refractivity contribution is 7.99. The highest BCUT2D eigenvalue weighted by Gasteiger charge is 2.14. The third kappa shape index (κ3) is 4.58. The van der Waals surface area contributed by atoms with Crippen molar-refractivity contribution in [3.8, 4) is 0 Å². The number of hydrogen-bond acceptors (Lipinski definition) is 4. The number of hydrogen-bond donors (Lipinski definition) is 1. The Balaban J connectivity index is 2.45. The predicted octanol–water partition coefficient (Wildman–Crippen LogP) is 3.26. The lowest BCUT2D eigenvalue weighted by Gasteiger charge is -2.21. The molecule has 1 aromatic heterocycles. The summed E-state index contributed by atoms with van der Waals surface area (Å²) in [5.41, 5.74) is 9.35. The third-order valence-electron chi connectivity index (χ3n) is 3.39. The smallest absolute Gasteiger partial charge is 0.187 e. The highest BCUT2D eigenvalue weighted by atomic mass is 32.2. The molecule has 0 aromatic carbocycles. The van der Waals surface area contributed by atoms with Gasteiger partial charge in [0.25, 0.3) is 0 Å². The van der Waals surface area contributed by atoms with E-state index in [1.54, 1.807) is 11.8 Å². The van der Waals surface area contributed by atoms with Gasteiger partial charge in [-0.25, -0.2) is 9.97 Å². The number of aryl methyl sites for hydroxylation is 2. The van der Waals surface area contributed by atoms with E-state index in [-0.39, 0.29) is 5.41 Å². The molecule has 1 heterocycles. The van der Waals surface area contributed by atoms with Gasteiger partial charge in [0.05, 0.1) is 0 Å². The van der Waals surface area contributed by atoms with Crippen molar-refractivity contribution in [2.75, 3.05) is 12.3 Å². The van der Waals surface area contributed by atoms with Crippen LogP contribution in [0, 0.1) is 26.2 Å². The third-order valence-corrected chi connectivity index (χ3v) is 4.33. The predicted molar refractivity (Wildman–Crippen MR) is 79.0 cm³/mol. The summed E-state index contributed by atoms with van der Waals surface area (Å²) in [6.45, 7) is 11.3. The molecule has 0 radical (unpaired) electrons. The van der Waals surface area contributed by atoms with Gasteiger partial charge in [-0.1, -0.05) is 25.6 Å². The molecule has 0 aliphatic carbocycles. The van der Waals surface area contributed by atoms with Crippen molar-refractivity contribution in [1.29, 1.82) is 0 Å². The van der Waals surface area contributed by atoms with Crippen molar-refractivity contribution in [2.24, 2.45) is 11.1 Å². The molecular formula is C14H25N3S. The number of aromatic nitrogens is 2. The Morgan fingerprint density at radius 1 is 1.11 bits per heavy atom. The van der Waals surface area contributed by atoms with E-state index in [0.29, 0.717) is 0 Å². The van der Waals surface area contributed by atoms with Crippen molar-refractivity contribution >= 4 is 11.8 Å². The first-order chi connectivity index (χ1) is 8.35. The number of rotatable bonds is 6. The fourth-order valence-corrected chi connectivity index (χ4v) is 2.50. The molecule has 1 aromatic rings. The molecule has 1 rings (SSSR count). The fraction of sp³-hybridized carbons (Fsp3) is 0.714. The summed E-state index contributed by atoms with van der Waals surface area (Å²) in [6, 6.07) is 0. The largest absolute Gasteiger partial charge is 0.330 e. The number of nitrogens with two attached hydrogens (primary N) is 1. The topological polar surface area (TPSA) is 51.8 Å². The first-order valence-electron chi connectivity index (χ1n) is 6.50. The summed E-state index contributed by atoms with van der Waals surface area (Å²) in [5, 5.41) is 0.904. The Bertz CT molecular complexity index is 379. The average molecular weight is 267 g/mol. The van der Waals surface area contributed by atoms with E-state index >= 15 is 0 Å². The lowest BCUT2D eigenvalue weighted by atomic mass is 9.88. The number of thioether (sulfide) groups is 1. The first kappa shape index (κ1) is 15.4. The zero-order valence-electron chi connectivity index (χ0n) is 12.2. The molecule has 0 saturated heterocycles. The van der Waals surface area contributed by atoms with Gasteiger partial charge in [0.2, 0.25) is 0 Å². The highest BCUT2D eigenvalue weighted by Crippen LogP contribution is 2.24. The minimum absolute atomic E-state index is 0.251. The molecule has 0 fully saturated rings. The second-order valence-corrected chi connectivity index (χ2v) is 6.68. The Morgan fingerprint density at radius 2 is 1.67 bits per heavy atom. The Morgan fingerprint density at radius 3 is 2.17 bits per heavy atom. The molecule has 3 nitrogen and oxygen atoms in total. The summed E-state index contributed by atoms with van der Waals surface area (Å²) in [7, 11) is 0. The van der Waals surface area contributed by atoms with Gasteiger partial charge in [0, 0.05) is 17.1 Å². The van der Waals surface area contributed by atoms with E-state index in [4.69, 9.17) is 5.73 Å². The van der Waals surface area contributed by atoms with E-state index < -0.39 is 0 Å². The summed E-state index contributed by atoms with van der Waals surface area (Å²) < 4.78 is 0. The maximum atomic E-state index is 5.72. The van der Waals surface area contributed by atoms with Crippen LogP contribution in [0.3, 0.4) is 0 Å². The van der Waals surface area contributed by atoms with Crippen molar-refractivity contribution in [3.05, 3.63) is 17.0 Å². The SMILES string of the molecule is Cc1nc(SCCCC(C)(C)CN)nc(C)c1C. The molecule has 0 aliphatic heterocycles. The molecule has 18 heavy (non-hydrogen) atoms. The van der Waals surface area contributed by atoms with E-state index in [2.05, 4.69) is 30.7 Å². The van der Waals surface area contributed by atoms with Crippen molar-refractivity contribution in [3.63, 3.8) is 0 Å². The molecule has 2 N–H and O–H groups in total. The summed E-state index contributed by atoms with van der Waals surface area (Å²) >= 11 is 1.75. The van der Waals surface area contributed by atoms with Gasteiger partial charge in [-0.05, 0) is 51.1 Å². The van der Waals surface area contributed by atoms with Crippen LogP contribution in [0.4, 0.5) is 0 Å². The zero-order valence-corrected chi connectivity index (χ0v) is 13.0. The standard InChI is InChI=1S/C14H25N3S/c1-10-11(2)16-13(17-12(10)3)18-8-6-7-14(4,5)9-15/h6-9,15H2,1-5H3. The van der Waals surface area contributed by atoms with Crippen molar-refractivity contribution in [2.45, 2.75) is 52.6 Å². The van der Waals surface area contributed by atoms with E-state index in [1.165, 1.54) is 5.56 Å². The van der Waals surface area contributed by atoms with Crippen LogP contribution in [0.1, 0.15) is 43.6 Å². The quantitative estimate of drug-likeness (QED) is 0.488. The average Bonchev–Trinajstić information content (AvgIpc) is 2.31. The van der Waals surface area contributed by atoms with Crippen molar-refractivity contribution < 1.29 is 0 Å². The van der Waals surface area contributed by atoms with Gasteiger partial charge in [0.1, 0.15) is 0 Å². The maximum Gasteiger partial charge on any atom is 0.187 e. The summed E-state index contributed by atoms with van der Waals surface area (Å²) in [4.78, 5) is 9.03. The zero-order chi connectivity index (χ0) is 13.8. The van der Waals surface area contributed by atoms with Crippen LogP contribution < -0.4 is 5.73 Å². The van der Waals surface area contributed by atoms with Crippen LogP contribution in [-0.4, -0.2) is 22.3 Å². The normalized spacial score (nSPS) is 11.9. The summed E-state index contributed by atoms with van der Waals surface area (Å²) in [6.07, 6.45) is 2.31. The van der Waals surface area contributed by atoms with Crippen LogP contribution in [-0.2, 0) is 0 Å². The molecule has 0 bridgehead atoms. The Labute approximate surface area is 115 Å². The minimum atomic E-state index is 0.251. The van der Waals surface area contributed by atoms with Gasteiger partial charge in [-0.15, -0.1) is 0 Å². The van der Waals surface area contributed by atoms with Gasteiger partial charge in [-0.2, -0.15) is 0 Å². The van der Waals surface area contributed by atoms with Crippen molar-refractivity contribution in [1.82, 2.24) is 9.97 Å². The summed E-state index contributed by atoms with van der Waals surface area (Å²) in [5.74, 6) is 1.06. The molecule has 0 atom stereocenters. The maximum absolute atomic E-state index is 5.72. The van der Waals surface area contributed by atoms with E-state index in [9.17, 15) is 0 Å². The van der Waals surface area contributed by atoms with E-state index in [1.807, 2.05) is 13.8 Å². The molecule has 0 saturated carbocycles. The lowest BCUT2D eigenvalue weighted by Crippen LogP contribution is -2.23. The van der Waals surface area contributed by atoms with Crippen LogP contribution in [0.15, 0.2) is 5.16 Å². The lowest BCUT2D eigenvalue weighted by molar-refractivity contribution is 0.345. The van der Waals surface area contributed by atoms with Gasteiger partial charge in [0.15, 0.2) is 5.16 Å². The van der Waals surface area contributed by atoms with Crippen LogP contribution in [0.25, 0.3) is 0 Å². The molecule has 0 aliphatic rings. The minimum Gasteiger partial charge on any atom is -0.330 e. The fourth-order valence-electron chi connectivity index (χ4n) is 1.62. The Kier molecular flexibility index (Phi) is 5.60. The molecule has 102 valence electrons. The second-order valence-electron chi connectivity index (χ2n) is 5.62. The molecule has 0 unspecified atom stereocenters. The number of nitrogens with zero attached hydrogens (tertiary/aromatic N) is 2. The van der Waals surface area contributed by atoms with Crippen LogP contribution in [0.5, 0.6) is 0 Å². The first-order valence-corrected chi connectivity index (χ1v) is 7.49. The van der Waals surface area contributed by atoms with Gasteiger partial charge in [-0.3, -0.25) is 0 Å². The monoisotopic (exact) mass is 267 g/mol. The molecular weight excluding hydrogens is 242 g/mol. The molecule has 0 amide bonds. The molecule has 4 heteroatoms. The van der Waals surface area contributed by atoms with Gasteiger partial charge < -0.3 is 5.73 Å². The molecule has 0 spiro atoms. The van der Waals surface area contributed by atoms with E-state index in [0.717, 1.165) is 41.7 Å². The van der Waals surface area contributed by atoms with Crippen LogP contribution in [0.2, 0.25) is 0 Å². The Hall–Kier alpha value is -0.610. The second kappa shape index (κ2) is 6.53. The van der Waals surface area contributed by atoms with Crippen LogP contribution >= 0.6 is 11.8 Å². The van der Waals surface area contributed by atoms with Gasteiger partial charge >= 0.3 is 0 Å².